The fourth-order valence-corrected chi connectivity index (χ4v) is 5.31. The van der Waals surface area contributed by atoms with E-state index in [0.29, 0.717) is 10.8 Å². The Morgan fingerprint density at radius 2 is 1.00 bits per heavy atom. The standard InChI is InChI=1S/C12H16ClFO.C12H16F2O.C12H15FO.C12H18O/c1-8(14)15-11-7-9(12(2,3)4)5-6-10(11)13;1-8(13)15-11-7-9(12(2,3)4)5-6-10(11)14;1-8(14)10-7-9(12(2,3)4)5-6-11(10)13;1-9-6-7-10(12(2,3)4)11(8-9)13-5/h2*5-8H,1-4H3;5-7H,1-4H3;6-8H,1-5H3. The normalized spacial score (nSPS) is 12.7. The summed E-state index contributed by atoms with van der Waals surface area (Å²) in [5, 5.41) is 0.438. The highest BCUT2D eigenvalue weighted by atomic mass is 35.5. The van der Waals surface area contributed by atoms with Crippen LogP contribution in [0, 0.1) is 18.6 Å². The van der Waals surface area contributed by atoms with Crippen molar-refractivity contribution in [1.29, 1.82) is 0 Å². The van der Waals surface area contributed by atoms with Crippen LogP contribution in [0.15, 0.2) is 72.8 Å². The second-order valence-electron chi connectivity index (χ2n) is 18.1. The van der Waals surface area contributed by atoms with E-state index in [1.807, 2.05) is 47.6 Å². The van der Waals surface area contributed by atoms with Crippen molar-refractivity contribution in [2.45, 2.75) is 145 Å². The van der Waals surface area contributed by atoms with Crippen LogP contribution in [0.2, 0.25) is 5.02 Å². The smallest absolute Gasteiger partial charge is 0.235 e. The molecule has 0 saturated carbocycles. The molecule has 0 N–H and O–H groups in total. The van der Waals surface area contributed by atoms with Gasteiger partial charge in [0.25, 0.3) is 0 Å². The largest absolute Gasteiger partial charge is 0.496 e. The minimum atomic E-state index is -1.50. The van der Waals surface area contributed by atoms with Crippen molar-refractivity contribution in [2.24, 2.45) is 0 Å². The van der Waals surface area contributed by atoms with Crippen LogP contribution in [0.4, 0.5) is 17.6 Å². The molecule has 316 valence electrons. The fraction of sp³-hybridized carbons (Fsp3) is 0.479. The maximum Gasteiger partial charge on any atom is 0.235 e. The average molecular weight is 817 g/mol. The molecule has 0 spiro atoms. The van der Waals surface area contributed by atoms with Crippen LogP contribution < -0.4 is 14.2 Å². The van der Waals surface area contributed by atoms with Crippen LogP contribution in [-0.4, -0.2) is 25.6 Å². The predicted molar refractivity (Wildman–Crippen MR) is 229 cm³/mol. The van der Waals surface area contributed by atoms with Crippen LogP contribution in [0.3, 0.4) is 0 Å². The highest BCUT2D eigenvalue weighted by molar-refractivity contribution is 6.32. The number of Topliss-reactive ketones (excluding diaryl/α,β-unsaturated/α-hetero) is 1. The Kier molecular flexibility index (Phi) is 18.9. The van der Waals surface area contributed by atoms with E-state index in [1.165, 1.54) is 44.0 Å². The third-order valence-corrected chi connectivity index (χ3v) is 8.86. The monoisotopic (exact) mass is 816 g/mol. The molecule has 0 radical (unpaired) electrons. The number of benzene rings is 4. The molecular formula is C48H65ClF4O4. The molecule has 0 aliphatic heterocycles. The first kappa shape index (κ1) is 51.0. The maximum absolute atomic E-state index is 13.2. The summed E-state index contributed by atoms with van der Waals surface area (Å²) in [5.74, 6) is 0.163. The number of halogens is 5. The first-order valence-electron chi connectivity index (χ1n) is 19.1. The molecule has 4 aromatic rings. The lowest BCUT2D eigenvalue weighted by molar-refractivity contribution is 0.0812. The zero-order valence-corrected chi connectivity index (χ0v) is 37.9. The van der Waals surface area contributed by atoms with Crippen molar-refractivity contribution in [2.75, 3.05) is 7.11 Å². The van der Waals surface area contributed by atoms with E-state index in [2.05, 4.69) is 66.7 Å². The molecule has 0 aliphatic carbocycles. The molecule has 0 aliphatic rings. The molecule has 9 heteroatoms. The Hall–Kier alpha value is -4.04. The molecule has 57 heavy (non-hydrogen) atoms. The Bertz CT molecular complexity index is 1820. The molecule has 0 heterocycles. The molecule has 0 saturated heterocycles. The van der Waals surface area contributed by atoms with Crippen LogP contribution in [0.1, 0.15) is 142 Å². The molecule has 4 nitrogen and oxygen atoms in total. The maximum atomic E-state index is 13.2. The van der Waals surface area contributed by atoms with Gasteiger partial charge in [-0.15, -0.1) is 0 Å². The van der Waals surface area contributed by atoms with Crippen molar-refractivity contribution in [3.63, 3.8) is 0 Å². The molecule has 4 aromatic carbocycles. The number of aryl methyl sites for hydroxylation is 1. The minimum absolute atomic E-state index is 0.00223. The molecule has 0 fully saturated rings. The van der Waals surface area contributed by atoms with Crippen molar-refractivity contribution in [1.82, 2.24) is 0 Å². The van der Waals surface area contributed by atoms with E-state index in [4.69, 9.17) is 25.8 Å². The number of alkyl halides is 2. The van der Waals surface area contributed by atoms with Gasteiger partial charge >= 0.3 is 0 Å². The average Bonchev–Trinajstić information content (AvgIpc) is 3.05. The van der Waals surface area contributed by atoms with Crippen molar-refractivity contribution >= 4 is 17.4 Å². The van der Waals surface area contributed by atoms with Gasteiger partial charge in [-0.2, -0.15) is 0 Å². The molecule has 2 atom stereocenters. The van der Waals surface area contributed by atoms with E-state index in [-0.39, 0.29) is 38.8 Å². The van der Waals surface area contributed by atoms with Gasteiger partial charge in [-0.05, 0) is 106 Å². The number of hydrogen-bond donors (Lipinski definition) is 0. The summed E-state index contributed by atoms with van der Waals surface area (Å²) < 4.78 is 66.8. The quantitative estimate of drug-likeness (QED) is 0.144. The molecule has 4 rings (SSSR count). The van der Waals surface area contributed by atoms with E-state index in [0.717, 1.165) is 22.4 Å². The Morgan fingerprint density at radius 3 is 1.42 bits per heavy atom. The summed E-state index contributed by atoms with van der Waals surface area (Å²) in [6.07, 6.45) is -2.85. The Balaban J connectivity index is 0.000000381. The van der Waals surface area contributed by atoms with Gasteiger partial charge in [0.2, 0.25) is 12.7 Å². The number of ketones is 1. The highest BCUT2D eigenvalue weighted by Gasteiger charge is 2.20. The number of methoxy groups -OCH3 is 1. The number of hydrogen-bond acceptors (Lipinski definition) is 4. The third kappa shape index (κ3) is 17.6. The molecule has 2 unspecified atom stereocenters. The Labute approximate surface area is 345 Å². The van der Waals surface area contributed by atoms with Gasteiger partial charge < -0.3 is 14.2 Å². The second-order valence-corrected chi connectivity index (χ2v) is 18.5. The topological polar surface area (TPSA) is 44.8 Å². The van der Waals surface area contributed by atoms with E-state index in [9.17, 15) is 22.4 Å². The Morgan fingerprint density at radius 1 is 0.579 bits per heavy atom. The van der Waals surface area contributed by atoms with Crippen molar-refractivity contribution in [3.8, 4) is 17.2 Å². The molecule has 0 amide bonds. The first-order valence-corrected chi connectivity index (χ1v) is 19.4. The third-order valence-electron chi connectivity index (χ3n) is 8.55. The summed E-state index contributed by atoms with van der Waals surface area (Å²) in [6.45, 7) is 31.0. The summed E-state index contributed by atoms with van der Waals surface area (Å²) in [7, 11) is 1.73. The van der Waals surface area contributed by atoms with Gasteiger partial charge in [-0.25, -0.2) is 17.6 Å². The van der Waals surface area contributed by atoms with Crippen LogP contribution in [-0.2, 0) is 21.7 Å². The summed E-state index contributed by atoms with van der Waals surface area (Å²) in [4.78, 5) is 11.1. The van der Waals surface area contributed by atoms with Crippen molar-refractivity contribution in [3.05, 3.63) is 123 Å². The fourth-order valence-electron chi connectivity index (χ4n) is 5.15. The van der Waals surface area contributed by atoms with Gasteiger partial charge in [0.05, 0.1) is 17.7 Å². The minimum Gasteiger partial charge on any atom is -0.496 e. The predicted octanol–water partition coefficient (Wildman–Crippen LogP) is 14.8. The zero-order valence-electron chi connectivity index (χ0n) is 37.1. The number of carbonyl (C=O) groups excluding carboxylic acids is 1. The molecule has 0 bridgehead atoms. The van der Waals surface area contributed by atoms with Crippen LogP contribution in [0.5, 0.6) is 17.2 Å². The second kappa shape index (κ2) is 21.1. The lowest BCUT2D eigenvalue weighted by atomic mass is 9.86. The van der Waals surface area contributed by atoms with Gasteiger partial charge in [0, 0.05) is 13.8 Å². The lowest BCUT2D eigenvalue weighted by Gasteiger charge is -2.22. The van der Waals surface area contributed by atoms with E-state index < -0.39 is 24.3 Å². The SMILES string of the molecule is CC(=O)c1cc(C(C)(C)C)ccc1F.CC(F)Oc1cc(C(C)(C)C)ccc1Cl.CC(F)Oc1cc(C(C)(C)C)ccc1F.COc1cc(C)ccc1C(C)(C)C. The summed E-state index contributed by atoms with van der Waals surface area (Å²) >= 11 is 5.90. The van der Waals surface area contributed by atoms with Gasteiger partial charge in [-0.3, -0.25) is 4.79 Å². The zero-order chi connectivity index (χ0) is 44.3. The first-order chi connectivity index (χ1) is 25.9. The summed E-state index contributed by atoms with van der Waals surface area (Å²) in [5.41, 5.74) is 5.64. The summed E-state index contributed by atoms with van der Waals surface area (Å²) in [6, 6.07) is 21.1. The highest BCUT2D eigenvalue weighted by Crippen LogP contribution is 2.33. The van der Waals surface area contributed by atoms with Crippen LogP contribution in [0.25, 0.3) is 0 Å². The van der Waals surface area contributed by atoms with Gasteiger partial charge in [-0.1, -0.05) is 125 Å². The number of rotatable bonds is 6. The van der Waals surface area contributed by atoms with E-state index in [1.54, 1.807) is 43.5 Å². The molecular weight excluding hydrogens is 752 g/mol. The number of carbonyl (C=O) groups is 1. The van der Waals surface area contributed by atoms with Gasteiger partial charge in [0.15, 0.2) is 17.3 Å². The molecule has 0 aromatic heterocycles. The number of ether oxygens (including phenoxy) is 3. The van der Waals surface area contributed by atoms with Crippen molar-refractivity contribution < 1.29 is 36.6 Å². The van der Waals surface area contributed by atoms with Crippen LogP contribution >= 0.6 is 11.6 Å². The lowest BCUT2D eigenvalue weighted by Crippen LogP contribution is -2.12. The van der Waals surface area contributed by atoms with Gasteiger partial charge in [0.1, 0.15) is 17.3 Å². The van der Waals surface area contributed by atoms with E-state index >= 15 is 0 Å².